The molecular formula is C26H19F2N3O2. The van der Waals surface area contributed by atoms with E-state index in [0.717, 1.165) is 5.56 Å². The second-order valence-electron chi connectivity index (χ2n) is 7.78. The van der Waals surface area contributed by atoms with Gasteiger partial charge in [0.15, 0.2) is 0 Å². The fourth-order valence-electron chi connectivity index (χ4n) is 3.99. The summed E-state index contributed by atoms with van der Waals surface area (Å²) in [6.07, 6.45) is 4.72. The minimum absolute atomic E-state index is 0.240. The summed E-state index contributed by atoms with van der Waals surface area (Å²) in [4.78, 5) is 20.7. The molecule has 1 aliphatic heterocycles. The maximum atomic E-state index is 14.2. The molecule has 2 heterocycles. The van der Waals surface area contributed by atoms with Gasteiger partial charge in [-0.3, -0.25) is 4.79 Å². The second kappa shape index (κ2) is 8.78. The minimum atomic E-state index is -0.370. The number of carbonyl (C=O) groups is 1. The SMILES string of the molecule is O=C(NCC1Cc2cc(F)cc(-c3cncnc3)c2O1)c1cccc(-c2ccccc2F)c1. The van der Waals surface area contributed by atoms with Gasteiger partial charge >= 0.3 is 0 Å². The maximum absolute atomic E-state index is 14.2. The number of ether oxygens (including phenoxy) is 1. The lowest BCUT2D eigenvalue weighted by atomic mass is 10.0. The van der Waals surface area contributed by atoms with Crippen LogP contribution in [-0.4, -0.2) is 28.5 Å². The molecule has 0 saturated heterocycles. The van der Waals surface area contributed by atoms with Gasteiger partial charge in [-0.2, -0.15) is 0 Å². The summed E-state index contributed by atoms with van der Waals surface area (Å²) >= 11 is 0. The summed E-state index contributed by atoms with van der Waals surface area (Å²) in [5, 5.41) is 2.87. The van der Waals surface area contributed by atoms with Crippen molar-refractivity contribution < 1.29 is 18.3 Å². The third-order valence-corrected chi connectivity index (χ3v) is 5.53. The van der Waals surface area contributed by atoms with Crippen LogP contribution in [0.2, 0.25) is 0 Å². The van der Waals surface area contributed by atoms with Gasteiger partial charge < -0.3 is 10.1 Å². The zero-order chi connectivity index (χ0) is 22.8. The second-order valence-corrected chi connectivity index (χ2v) is 7.78. The van der Waals surface area contributed by atoms with Crippen LogP contribution in [-0.2, 0) is 6.42 Å². The summed E-state index contributed by atoms with van der Waals surface area (Å²) < 4.78 is 34.4. The standard InChI is InChI=1S/C26H19F2N3O2/c27-20-9-18-10-21(33-25(18)23(11-20)19-12-29-15-30-13-19)14-31-26(32)17-5-3-4-16(8-17)22-6-1-2-7-24(22)28/h1-9,11-13,15,21H,10,14H2,(H,31,32). The first-order valence-electron chi connectivity index (χ1n) is 10.5. The predicted molar refractivity (Wildman–Crippen MR) is 120 cm³/mol. The van der Waals surface area contributed by atoms with Crippen LogP contribution < -0.4 is 10.1 Å². The van der Waals surface area contributed by atoms with Crippen LogP contribution in [0.15, 0.2) is 79.4 Å². The number of amides is 1. The molecule has 1 N–H and O–H groups in total. The number of benzene rings is 3. The zero-order valence-corrected chi connectivity index (χ0v) is 17.5. The van der Waals surface area contributed by atoms with Gasteiger partial charge in [0.2, 0.25) is 0 Å². The average Bonchev–Trinajstić information content (AvgIpc) is 3.25. The lowest BCUT2D eigenvalue weighted by Crippen LogP contribution is -2.34. The Balaban J connectivity index is 1.29. The van der Waals surface area contributed by atoms with Crippen LogP contribution in [0, 0.1) is 11.6 Å². The summed E-state index contributed by atoms with van der Waals surface area (Å²) in [6.45, 7) is 0.240. The number of hydrogen-bond donors (Lipinski definition) is 1. The quantitative estimate of drug-likeness (QED) is 0.480. The van der Waals surface area contributed by atoms with Gasteiger partial charge in [-0.25, -0.2) is 18.7 Å². The molecule has 1 amide bonds. The average molecular weight is 443 g/mol. The van der Waals surface area contributed by atoms with E-state index in [2.05, 4.69) is 15.3 Å². The fraction of sp³-hybridized carbons (Fsp3) is 0.115. The molecule has 164 valence electrons. The molecule has 1 atom stereocenters. The van der Waals surface area contributed by atoms with Crippen molar-refractivity contribution in [3.8, 4) is 28.0 Å². The van der Waals surface area contributed by atoms with Crippen molar-refractivity contribution in [1.82, 2.24) is 15.3 Å². The van der Waals surface area contributed by atoms with E-state index in [9.17, 15) is 13.6 Å². The van der Waals surface area contributed by atoms with Gasteiger partial charge in [0, 0.05) is 46.6 Å². The molecule has 7 heteroatoms. The Bertz CT molecular complexity index is 1330. The van der Waals surface area contributed by atoms with E-state index in [4.69, 9.17) is 4.74 Å². The number of aromatic nitrogens is 2. The predicted octanol–water partition coefficient (Wildman–Crippen LogP) is 4.82. The molecule has 0 fully saturated rings. The summed E-state index contributed by atoms with van der Waals surface area (Å²) in [7, 11) is 0. The number of hydrogen-bond acceptors (Lipinski definition) is 4. The van der Waals surface area contributed by atoms with E-state index in [-0.39, 0.29) is 30.2 Å². The van der Waals surface area contributed by atoms with Crippen molar-refractivity contribution in [2.24, 2.45) is 0 Å². The smallest absolute Gasteiger partial charge is 0.251 e. The number of fused-ring (bicyclic) bond motifs is 1. The van der Waals surface area contributed by atoms with Gasteiger partial charge in [-0.1, -0.05) is 30.3 Å². The molecule has 33 heavy (non-hydrogen) atoms. The van der Waals surface area contributed by atoms with Crippen molar-refractivity contribution in [3.63, 3.8) is 0 Å². The molecule has 4 aromatic rings. The molecule has 0 bridgehead atoms. The molecule has 0 aliphatic carbocycles. The molecule has 0 saturated carbocycles. The van der Waals surface area contributed by atoms with E-state index in [1.54, 1.807) is 54.9 Å². The number of halogens is 2. The highest BCUT2D eigenvalue weighted by Crippen LogP contribution is 2.39. The third-order valence-electron chi connectivity index (χ3n) is 5.53. The Labute approximate surface area is 189 Å². The van der Waals surface area contributed by atoms with Crippen molar-refractivity contribution >= 4 is 5.91 Å². The van der Waals surface area contributed by atoms with Gasteiger partial charge in [-0.05, 0) is 35.9 Å². The molecule has 0 radical (unpaired) electrons. The van der Waals surface area contributed by atoms with Crippen LogP contribution in [0.25, 0.3) is 22.3 Å². The third kappa shape index (κ3) is 4.30. The minimum Gasteiger partial charge on any atom is -0.487 e. The van der Waals surface area contributed by atoms with Crippen LogP contribution >= 0.6 is 0 Å². The van der Waals surface area contributed by atoms with Gasteiger partial charge in [0.05, 0.1) is 6.54 Å². The molecule has 0 spiro atoms. The Kier molecular flexibility index (Phi) is 5.52. The van der Waals surface area contributed by atoms with Gasteiger partial charge in [-0.15, -0.1) is 0 Å². The summed E-state index contributed by atoms with van der Waals surface area (Å²) in [6, 6.07) is 16.1. The highest BCUT2D eigenvalue weighted by Gasteiger charge is 2.27. The van der Waals surface area contributed by atoms with E-state index in [1.165, 1.54) is 24.5 Å². The van der Waals surface area contributed by atoms with Crippen molar-refractivity contribution in [2.75, 3.05) is 6.54 Å². The Morgan fingerprint density at radius 1 is 0.970 bits per heavy atom. The molecule has 1 aromatic heterocycles. The number of carbonyl (C=O) groups excluding carboxylic acids is 1. The Hall–Kier alpha value is -4.13. The van der Waals surface area contributed by atoms with E-state index < -0.39 is 0 Å². The van der Waals surface area contributed by atoms with Crippen LogP contribution in [0.3, 0.4) is 0 Å². The van der Waals surface area contributed by atoms with Crippen LogP contribution in [0.1, 0.15) is 15.9 Å². The molecule has 1 aliphatic rings. The largest absolute Gasteiger partial charge is 0.487 e. The van der Waals surface area contributed by atoms with Crippen molar-refractivity contribution in [3.05, 3.63) is 102 Å². The van der Waals surface area contributed by atoms with Gasteiger partial charge in [0.1, 0.15) is 29.8 Å². The summed E-state index contributed by atoms with van der Waals surface area (Å²) in [5.41, 5.74) is 3.44. The van der Waals surface area contributed by atoms with Gasteiger partial charge in [0.25, 0.3) is 5.91 Å². The van der Waals surface area contributed by atoms with Crippen LogP contribution in [0.4, 0.5) is 8.78 Å². The van der Waals surface area contributed by atoms with Crippen molar-refractivity contribution in [2.45, 2.75) is 12.5 Å². The maximum Gasteiger partial charge on any atom is 0.251 e. The number of nitrogens with zero attached hydrogens (tertiary/aromatic N) is 2. The van der Waals surface area contributed by atoms with E-state index in [1.807, 2.05) is 0 Å². The Morgan fingerprint density at radius 2 is 1.79 bits per heavy atom. The lowest BCUT2D eigenvalue weighted by Gasteiger charge is -2.14. The molecular weight excluding hydrogens is 424 g/mol. The van der Waals surface area contributed by atoms with E-state index >= 15 is 0 Å². The monoisotopic (exact) mass is 443 g/mol. The molecule has 3 aromatic carbocycles. The lowest BCUT2D eigenvalue weighted by molar-refractivity contribution is 0.0933. The highest BCUT2D eigenvalue weighted by atomic mass is 19.1. The van der Waals surface area contributed by atoms with Crippen molar-refractivity contribution in [1.29, 1.82) is 0 Å². The number of rotatable bonds is 5. The first-order valence-corrected chi connectivity index (χ1v) is 10.5. The molecule has 5 rings (SSSR count). The number of nitrogens with one attached hydrogen (secondary N) is 1. The zero-order valence-electron chi connectivity index (χ0n) is 17.5. The Morgan fingerprint density at radius 3 is 2.61 bits per heavy atom. The first kappa shape index (κ1) is 20.8. The highest BCUT2D eigenvalue weighted by molar-refractivity contribution is 5.95. The normalized spacial score (nSPS) is 14.4. The van der Waals surface area contributed by atoms with Crippen LogP contribution in [0.5, 0.6) is 5.75 Å². The fourth-order valence-corrected chi connectivity index (χ4v) is 3.99. The molecule has 5 nitrogen and oxygen atoms in total. The van der Waals surface area contributed by atoms with E-state index in [0.29, 0.717) is 40.0 Å². The first-order chi connectivity index (χ1) is 16.1. The topological polar surface area (TPSA) is 64.1 Å². The molecule has 1 unspecified atom stereocenters. The summed E-state index contributed by atoms with van der Waals surface area (Å²) in [5.74, 6) is -0.438.